The summed E-state index contributed by atoms with van der Waals surface area (Å²) in [5.41, 5.74) is -2.37. The molecular weight excluding hydrogens is 343 g/mol. The number of alkyl halides is 3. The first-order valence-corrected chi connectivity index (χ1v) is 6.52. The molecule has 23 heavy (non-hydrogen) atoms. The van der Waals surface area contributed by atoms with Crippen LogP contribution in [0.4, 0.5) is 22.0 Å². The molecule has 0 atom stereocenters. The van der Waals surface area contributed by atoms with Gasteiger partial charge < -0.3 is 4.74 Å². The lowest BCUT2D eigenvalue weighted by atomic mass is 10.1. The maximum Gasteiger partial charge on any atom is 0.419 e. The molecule has 8 heteroatoms. The summed E-state index contributed by atoms with van der Waals surface area (Å²) in [5, 5.41) is -1.44. The third-order valence-electron chi connectivity index (χ3n) is 2.96. The Morgan fingerprint density at radius 3 is 2.22 bits per heavy atom. The molecule has 0 aromatic heterocycles. The second-order valence-corrected chi connectivity index (χ2v) is 4.93. The molecule has 0 aliphatic heterocycles. The van der Waals surface area contributed by atoms with E-state index in [4.69, 9.17) is 16.3 Å². The topological polar surface area (TPSA) is 26.3 Å². The van der Waals surface area contributed by atoms with E-state index in [0.29, 0.717) is 11.6 Å². The summed E-state index contributed by atoms with van der Waals surface area (Å²) in [6, 6.07) is 4.57. The van der Waals surface area contributed by atoms with E-state index < -0.39 is 39.9 Å². The van der Waals surface area contributed by atoms with Crippen LogP contribution >= 0.6 is 11.6 Å². The summed E-state index contributed by atoms with van der Waals surface area (Å²) in [5.74, 6) is -2.83. The second-order valence-electron chi connectivity index (χ2n) is 4.58. The van der Waals surface area contributed by atoms with Crippen LogP contribution in [0.5, 0.6) is 11.5 Å². The van der Waals surface area contributed by atoms with Crippen molar-refractivity contribution in [1.29, 1.82) is 0 Å². The van der Waals surface area contributed by atoms with Crippen molar-refractivity contribution in [2.45, 2.75) is 13.1 Å². The van der Waals surface area contributed by atoms with Crippen molar-refractivity contribution in [2.24, 2.45) is 0 Å². The highest BCUT2D eigenvalue weighted by Gasteiger charge is 2.37. The van der Waals surface area contributed by atoms with Crippen molar-refractivity contribution >= 4 is 16.8 Å². The van der Waals surface area contributed by atoms with Crippen molar-refractivity contribution in [3.8, 4) is 11.5 Å². The van der Waals surface area contributed by atoms with Crippen LogP contribution in [0, 0.1) is 18.6 Å². The van der Waals surface area contributed by atoms with Crippen LogP contribution < -0.4 is 4.74 Å². The highest BCUT2D eigenvalue weighted by molar-refractivity contribution is 6.68. The van der Waals surface area contributed by atoms with E-state index in [-0.39, 0.29) is 5.75 Å². The molecule has 0 aliphatic carbocycles. The number of aryl methyl sites for hydroxylation is 1. The lowest BCUT2D eigenvalue weighted by Gasteiger charge is -2.15. The Balaban J connectivity index is 2.55. The summed E-state index contributed by atoms with van der Waals surface area (Å²) < 4.78 is 70.3. The summed E-state index contributed by atoms with van der Waals surface area (Å²) in [7, 11) is 0. The van der Waals surface area contributed by atoms with Gasteiger partial charge in [0.05, 0.1) is 5.56 Å². The minimum absolute atomic E-state index is 0.0460. The Labute approximate surface area is 132 Å². The van der Waals surface area contributed by atoms with Gasteiger partial charge in [-0.15, -0.1) is 0 Å². The summed E-state index contributed by atoms with van der Waals surface area (Å²) >= 11 is 5.18. The molecule has 0 aliphatic rings. The van der Waals surface area contributed by atoms with E-state index in [2.05, 4.69) is 0 Å². The first-order chi connectivity index (χ1) is 10.6. The van der Waals surface area contributed by atoms with Gasteiger partial charge in [0.2, 0.25) is 0 Å². The molecule has 2 aromatic carbocycles. The maximum absolute atomic E-state index is 14.0. The standard InChI is InChI=1S/C15H8ClF5O2/c1-7-6-8(17)2-4-10(7)23-11-5-3-9(15(19,20)21)13(18)12(11)14(16)22/h2-6H,1H3. The molecule has 0 radical (unpaired) electrons. The first kappa shape index (κ1) is 17.2. The van der Waals surface area contributed by atoms with Gasteiger partial charge in [-0.1, -0.05) is 0 Å². The number of rotatable bonds is 3. The number of hydrogen-bond donors (Lipinski definition) is 0. The Hall–Kier alpha value is -2.15. The zero-order chi connectivity index (χ0) is 17.4. The van der Waals surface area contributed by atoms with E-state index in [0.717, 1.165) is 18.2 Å². The smallest absolute Gasteiger partial charge is 0.419 e. The van der Waals surface area contributed by atoms with Gasteiger partial charge in [-0.25, -0.2) is 8.78 Å². The van der Waals surface area contributed by atoms with Crippen molar-refractivity contribution < 1.29 is 31.5 Å². The van der Waals surface area contributed by atoms with E-state index >= 15 is 0 Å². The molecule has 0 saturated carbocycles. The van der Waals surface area contributed by atoms with Gasteiger partial charge in [0.15, 0.2) is 5.82 Å². The Bertz CT molecular complexity index is 771. The Morgan fingerprint density at radius 2 is 1.70 bits per heavy atom. The molecule has 0 amide bonds. The molecule has 0 fully saturated rings. The normalized spacial score (nSPS) is 11.4. The monoisotopic (exact) mass is 350 g/mol. The SMILES string of the molecule is Cc1cc(F)ccc1Oc1ccc(C(F)(F)F)c(F)c1C(=O)Cl. The molecule has 2 rings (SSSR count). The number of carbonyl (C=O) groups is 1. The number of carbonyl (C=O) groups excluding carboxylic acids is 1. The first-order valence-electron chi connectivity index (χ1n) is 6.14. The number of benzene rings is 2. The van der Waals surface area contributed by atoms with E-state index in [1.807, 2.05) is 0 Å². The van der Waals surface area contributed by atoms with Gasteiger partial charge in [-0.05, 0) is 54.4 Å². The zero-order valence-electron chi connectivity index (χ0n) is 11.5. The largest absolute Gasteiger partial charge is 0.456 e. The van der Waals surface area contributed by atoms with E-state index in [1.54, 1.807) is 0 Å². The highest BCUT2D eigenvalue weighted by Crippen LogP contribution is 2.38. The molecule has 0 heterocycles. The molecule has 2 aromatic rings. The Kier molecular flexibility index (Phi) is 4.61. The highest BCUT2D eigenvalue weighted by atomic mass is 35.5. The number of hydrogen-bond acceptors (Lipinski definition) is 2. The summed E-state index contributed by atoms with van der Waals surface area (Å²) in [6.45, 7) is 1.47. The predicted octanol–water partition coefficient (Wildman–Crippen LogP) is 5.46. The fraction of sp³-hybridized carbons (Fsp3) is 0.133. The van der Waals surface area contributed by atoms with Crippen LogP contribution in [-0.2, 0) is 6.18 Å². The second kappa shape index (κ2) is 6.16. The quantitative estimate of drug-likeness (QED) is 0.542. The predicted molar refractivity (Wildman–Crippen MR) is 72.8 cm³/mol. The molecule has 0 spiro atoms. The molecule has 0 bridgehead atoms. The molecule has 122 valence electrons. The van der Waals surface area contributed by atoms with Crippen LogP contribution in [0.3, 0.4) is 0 Å². The van der Waals surface area contributed by atoms with Crippen molar-refractivity contribution in [1.82, 2.24) is 0 Å². The summed E-state index contributed by atoms with van der Waals surface area (Å²) in [6.07, 6.45) is -4.99. The zero-order valence-corrected chi connectivity index (χ0v) is 12.2. The van der Waals surface area contributed by atoms with E-state index in [1.165, 1.54) is 13.0 Å². The van der Waals surface area contributed by atoms with Gasteiger partial charge in [-0.3, -0.25) is 4.79 Å². The van der Waals surface area contributed by atoms with Gasteiger partial charge in [0, 0.05) is 0 Å². The third-order valence-corrected chi connectivity index (χ3v) is 3.15. The molecule has 2 nitrogen and oxygen atoms in total. The van der Waals surface area contributed by atoms with Crippen LogP contribution in [-0.4, -0.2) is 5.24 Å². The van der Waals surface area contributed by atoms with Crippen LogP contribution in [0.2, 0.25) is 0 Å². The molecule has 0 N–H and O–H groups in total. The lowest BCUT2D eigenvalue weighted by Crippen LogP contribution is -2.12. The van der Waals surface area contributed by atoms with Crippen molar-refractivity contribution in [3.05, 3.63) is 58.7 Å². The fourth-order valence-electron chi connectivity index (χ4n) is 1.89. The third kappa shape index (κ3) is 3.61. The van der Waals surface area contributed by atoms with Crippen LogP contribution in [0.15, 0.2) is 30.3 Å². The minimum atomic E-state index is -4.99. The average Bonchev–Trinajstić information content (AvgIpc) is 2.40. The van der Waals surface area contributed by atoms with Gasteiger partial charge in [-0.2, -0.15) is 13.2 Å². The van der Waals surface area contributed by atoms with Crippen molar-refractivity contribution in [2.75, 3.05) is 0 Å². The van der Waals surface area contributed by atoms with Gasteiger partial charge in [0.1, 0.15) is 22.9 Å². The lowest BCUT2D eigenvalue weighted by molar-refractivity contribution is -0.140. The summed E-state index contributed by atoms with van der Waals surface area (Å²) in [4.78, 5) is 11.3. The Morgan fingerprint density at radius 1 is 1.09 bits per heavy atom. The van der Waals surface area contributed by atoms with Crippen molar-refractivity contribution in [3.63, 3.8) is 0 Å². The maximum atomic E-state index is 14.0. The minimum Gasteiger partial charge on any atom is -0.456 e. The molecule has 0 saturated heterocycles. The number of ether oxygens (including phenoxy) is 1. The average molecular weight is 351 g/mol. The van der Waals surface area contributed by atoms with Crippen LogP contribution in [0.25, 0.3) is 0 Å². The van der Waals surface area contributed by atoms with Crippen LogP contribution in [0.1, 0.15) is 21.5 Å². The molecule has 0 unspecified atom stereocenters. The van der Waals surface area contributed by atoms with Gasteiger partial charge in [0.25, 0.3) is 5.24 Å². The number of halogens is 6. The fourth-order valence-corrected chi connectivity index (χ4v) is 2.07. The van der Waals surface area contributed by atoms with E-state index in [9.17, 15) is 26.7 Å². The molecular formula is C15H8ClF5O2. The van der Waals surface area contributed by atoms with Gasteiger partial charge >= 0.3 is 6.18 Å².